The lowest BCUT2D eigenvalue weighted by atomic mass is 10.1. The summed E-state index contributed by atoms with van der Waals surface area (Å²) in [6.07, 6.45) is 1.04. The summed E-state index contributed by atoms with van der Waals surface area (Å²) in [5.74, 6) is 0. The molecule has 0 unspecified atom stereocenters. The number of benzene rings is 3. The van der Waals surface area contributed by atoms with Crippen molar-refractivity contribution in [3.05, 3.63) is 83.9 Å². The maximum Gasteiger partial charge on any atom is 0.0387 e. The van der Waals surface area contributed by atoms with Crippen molar-refractivity contribution in [1.29, 1.82) is 0 Å². The van der Waals surface area contributed by atoms with E-state index in [1.807, 2.05) is 18.2 Å². The number of rotatable bonds is 2. The molecular weight excluding hydrogens is 242 g/mol. The monoisotopic (exact) mass is 257 g/mol. The second-order valence-corrected chi connectivity index (χ2v) is 5.20. The van der Waals surface area contributed by atoms with Crippen LogP contribution in [0.25, 0.3) is 11.1 Å². The van der Waals surface area contributed by atoms with Gasteiger partial charge in [0.15, 0.2) is 0 Å². The minimum atomic E-state index is 1.04. The van der Waals surface area contributed by atoms with Crippen LogP contribution in [0.3, 0.4) is 0 Å². The molecule has 1 aliphatic rings. The Morgan fingerprint density at radius 3 is 2.25 bits per heavy atom. The molecular formula is C19H15N. The SMILES string of the molecule is c1ccc(Nc2ccc3c(c2)Cc2ccccc2-3)cc1. The van der Waals surface area contributed by atoms with Gasteiger partial charge in [0.05, 0.1) is 0 Å². The van der Waals surface area contributed by atoms with E-state index in [1.165, 1.54) is 22.3 Å². The average molecular weight is 257 g/mol. The third-order valence-electron chi connectivity index (χ3n) is 3.86. The molecule has 0 heterocycles. The second-order valence-electron chi connectivity index (χ2n) is 5.20. The molecule has 0 saturated heterocycles. The predicted octanol–water partition coefficient (Wildman–Crippen LogP) is 5.00. The van der Waals surface area contributed by atoms with Gasteiger partial charge in [-0.15, -0.1) is 0 Å². The van der Waals surface area contributed by atoms with Crippen LogP contribution in [0.2, 0.25) is 0 Å². The predicted molar refractivity (Wildman–Crippen MR) is 84.4 cm³/mol. The van der Waals surface area contributed by atoms with Gasteiger partial charge >= 0.3 is 0 Å². The number of nitrogens with one attached hydrogen (secondary N) is 1. The number of fused-ring (bicyclic) bond motifs is 3. The van der Waals surface area contributed by atoms with E-state index >= 15 is 0 Å². The topological polar surface area (TPSA) is 12.0 Å². The first-order chi connectivity index (χ1) is 9.90. The summed E-state index contributed by atoms with van der Waals surface area (Å²) < 4.78 is 0. The van der Waals surface area contributed by atoms with E-state index in [2.05, 4.69) is 59.9 Å². The Bertz CT molecular complexity index is 760. The van der Waals surface area contributed by atoms with Crippen LogP contribution < -0.4 is 5.32 Å². The van der Waals surface area contributed by atoms with Gasteiger partial charge < -0.3 is 5.32 Å². The summed E-state index contributed by atoms with van der Waals surface area (Å²) in [4.78, 5) is 0. The fourth-order valence-corrected chi connectivity index (χ4v) is 2.91. The third kappa shape index (κ3) is 1.88. The zero-order valence-electron chi connectivity index (χ0n) is 11.1. The molecule has 20 heavy (non-hydrogen) atoms. The Morgan fingerprint density at radius 1 is 0.600 bits per heavy atom. The van der Waals surface area contributed by atoms with E-state index in [1.54, 1.807) is 0 Å². The Balaban J connectivity index is 1.69. The summed E-state index contributed by atoms with van der Waals surface area (Å²) >= 11 is 0. The van der Waals surface area contributed by atoms with Gasteiger partial charge in [-0.2, -0.15) is 0 Å². The van der Waals surface area contributed by atoms with Crippen molar-refractivity contribution in [3.63, 3.8) is 0 Å². The highest BCUT2D eigenvalue weighted by atomic mass is 14.9. The van der Waals surface area contributed by atoms with Gasteiger partial charge in [-0.3, -0.25) is 0 Å². The molecule has 4 rings (SSSR count). The molecule has 0 aliphatic heterocycles. The first-order valence-electron chi connectivity index (χ1n) is 6.93. The molecule has 0 aromatic heterocycles. The van der Waals surface area contributed by atoms with Gasteiger partial charge in [-0.05, 0) is 52.9 Å². The van der Waals surface area contributed by atoms with Crippen LogP contribution in [0.1, 0.15) is 11.1 Å². The van der Waals surface area contributed by atoms with Crippen molar-refractivity contribution in [2.75, 3.05) is 5.32 Å². The van der Waals surface area contributed by atoms with E-state index in [4.69, 9.17) is 0 Å². The molecule has 0 radical (unpaired) electrons. The van der Waals surface area contributed by atoms with Crippen LogP contribution >= 0.6 is 0 Å². The lowest BCUT2D eigenvalue weighted by Gasteiger charge is -2.08. The lowest BCUT2D eigenvalue weighted by Crippen LogP contribution is -1.91. The van der Waals surface area contributed by atoms with Gasteiger partial charge in [-0.25, -0.2) is 0 Å². The zero-order chi connectivity index (χ0) is 13.4. The summed E-state index contributed by atoms with van der Waals surface area (Å²) in [6, 6.07) is 25.6. The molecule has 0 amide bonds. The third-order valence-corrected chi connectivity index (χ3v) is 3.86. The maximum atomic E-state index is 3.46. The molecule has 1 N–H and O–H groups in total. The minimum Gasteiger partial charge on any atom is -0.356 e. The summed E-state index contributed by atoms with van der Waals surface area (Å²) in [5, 5.41) is 3.46. The molecule has 1 nitrogen and oxygen atoms in total. The highest BCUT2D eigenvalue weighted by molar-refractivity contribution is 5.79. The van der Waals surface area contributed by atoms with Gasteiger partial charge in [0.1, 0.15) is 0 Å². The van der Waals surface area contributed by atoms with Crippen molar-refractivity contribution in [2.45, 2.75) is 6.42 Å². The van der Waals surface area contributed by atoms with Crippen LogP contribution in [-0.2, 0) is 6.42 Å². The summed E-state index contributed by atoms with van der Waals surface area (Å²) in [7, 11) is 0. The molecule has 0 atom stereocenters. The van der Waals surface area contributed by atoms with Crippen LogP contribution in [0.15, 0.2) is 72.8 Å². The van der Waals surface area contributed by atoms with Crippen LogP contribution in [0, 0.1) is 0 Å². The van der Waals surface area contributed by atoms with Crippen molar-refractivity contribution in [2.24, 2.45) is 0 Å². The standard InChI is InChI=1S/C19H15N/c1-2-7-16(8-3-1)20-17-10-11-19-15(13-17)12-14-6-4-5-9-18(14)19/h1-11,13,20H,12H2. The van der Waals surface area contributed by atoms with Gasteiger partial charge in [0.2, 0.25) is 0 Å². The lowest BCUT2D eigenvalue weighted by molar-refractivity contribution is 1.26. The van der Waals surface area contributed by atoms with E-state index in [9.17, 15) is 0 Å². The molecule has 3 aromatic carbocycles. The largest absolute Gasteiger partial charge is 0.356 e. The fourth-order valence-electron chi connectivity index (χ4n) is 2.91. The molecule has 3 aromatic rings. The molecule has 0 spiro atoms. The highest BCUT2D eigenvalue weighted by Gasteiger charge is 2.17. The maximum absolute atomic E-state index is 3.46. The smallest absolute Gasteiger partial charge is 0.0387 e. The Morgan fingerprint density at radius 2 is 1.35 bits per heavy atom. The molecule has 1 heteroatoms. The zero-order valence-corrected chi connectivity index (χ0v) is 11.1. The summed E-state index contributed by atoms with van der Waals surface area (Å²) in [6.45, 7) is 0. The first kappa shape index (κ1) is 11.3. The van der Waals surface area contributed by atoms with Crippen molar-refractivity contribution in [1.82, 2.24) is 0 Å². The van der Waals surface area contributed by atoms with Gasteiger partial charge in [0, 0.05) is 11.4 Å². The molecule has 0 saturated carbocycles. The molecule has 1 aliphatic carbocycles. The number of hydrogen-bond acceptors (Lipinski definition) is 1. The number of anilines is 2. The molecule has 0 bridgehead atoms. The Kier molecular flexibility index (Phi) is 2.56. The number of hydrogen-bond donors (Lipinski definition) is 1. The number of para-hydroxylation sites is 1. The van der Waals surface area contributed by atoms with Crippen molar-refractivity contribution < 1.29 is 0 Å². The average Bonchev–Trinajstić information content (AvgIpc) is 2.86. The summed E-state index contributed by atoms with van der Waals surface area (Å²) in [5.41, 5.74) is 7.88. The minimum absolute atomic E-state index is 1.04. The second kappa shape index (κ2) is 4.53. The van der Waals surface area contributed by atoms with Crippen LogP contribution in [0.5, 0.6) is 0 Å². The van der Waals surface area contributed by atoms with Crippen molar-refractivity contribution >= 4 is 11.4 Å². The van der Waals surface area contributed by atoms with Gasteiger partial charge in [-0.1, -0.05) is 48.5 Å². The van der Waals surface area contributed by atoms with E-state index in [-0.39, 0.29) is 0 Å². The van der Waals surface area contributed by atoms with Crippen LogP contribution in [0.4, 0.5) is 11.4 Å². The van der Waals surface area contributed by atoms with E-state index < -0.39 is 0 Å². The normalized spacial score (nSPS) is 11.8. The quantitative estimate of drug-likeness (QED) is 0.532. The van der Waals surface area contributed by atoms with Gasteiger partial charge in [0.25, 0.3) is 0 Å². The van der Waals surface area contributed by atoms with E-state index in [0.29, 0.717) is 0 Å². The van der Waals surface area contributed by atoms with Crippen LogP contribution in [-0.4, -0.2) is 0 Å². The fraction of sp³-hybridized carbons (Fsp3) is 0.0526. The Hall–Kier alpha value is -2.54. The Labute approximate surface area is 118 Å². The highest BCUT2D eigenvalue weighted by Crippen LogP contribution is 2.37. The first-order valence-corrected chi connectivity index (χ1v) is 6.93. The van der Waals surface area contributed by atoms with Crippen molar-refractivity contribution in [3.8, 4) is 11.1 Å². The molecule has 96 valence electrons. The molecule has 0 fully saturated rings. The van der Waals surface area contributed by atoms with E-state index in [0.717, 1.165) is 17.8 Å².